The highest BCUT2D eigenvalue weighted by Crippen LogP contribution is 2.37. The highest BCUT2D eigenvalue weighted by atomic mass is 16.5. The van der Waals surface area contributed by atoms with Crippen LogP contribution in [0.25, 0.3) is 0 Å². The molecule has 2 atom stereocenters. The highest BCUT2D eigenvalue weighted by Gasteiger charge is 2.39. The van der Waals surface area contributed by atoms with Crippen LogP contribution in [0.5, 0.6) is 0 Å². The number of carbonyl (C=O) groups excluding carboxylic acids is 1. The average Bonchev–Trinajstić information content (AvgIpc) is 2.87. The number of aliphatic carboxylic acids is 1. The molecule has 2 aliphatic rings. The number of carboxylic acid groups (broad SMARTS) is 1. The van der Waals surface area contributed by atoms with Gasteiger partial charge in [0.25, 0.3) is 5.91 Å². The van der Waals surface area contributed by atoms with Crippen molar-refractivity contribution >= 4 is 17.6 Å². The zero-order chi connectivity index (χ0) is 14.1. The van der Waals surface area contributed by atoms with Crippen molar-refractivity contribution in [2.45, 2.75) is 31.3 Å². The molecule has 5 heteroatoms. The van der Waals surface area contributed by atoms with E-state index in [4.69, 9.17) is 4.74 Å². The summed E-state index contributed by atoms with van der Waals surface area (Å²) in [6, 6.07) is 7.22. The molecule has 106 valence electrons. The molecule has 0 bridgehead atoms. The summed E-state index contributed by atoms with van der Waals surface area (Å²) in [6.07, 6.45) is 2.26. The van der Waals surface area contributed by atoms with Crippen LogP contribution >= 0.6 is 0 Å². The molecule has 0 radical (unpaired) electrons. The van der Waals surface area contributed by atoms with Crippen LogP contribution in [0.3, 0.4) is 0 Å². The predicted molar refractivity (Wildman–Crippen MR) is 72.8 cm³/mol. The van der Waals surface area contributed by atoms with Crippen LogP contribution in [-0.4, -0.2) is 36.2 Å². The van der Waals surface area contributed by atoms with E-state index in [1.165, 1.54) is 0 Å². The first-order chi connectivity index (χ1) is 9.68. The van der Waals surface area contributed by atoms with Crippen LogP contribution in [0.15, 0.2) is 24.3 Å². The van der Waals surface area contributed by atoms with Crippen molar-refractivity contribution in [2.24, 2.45) is 0 Å². The van der Waals surface area contributed by atoms with Gasteiger partial charge in [-0.3, -0.25) is 9.59 Å². The van der Waals surface area contributed by atoms with E-state index in [2.05, 4.69) is 0 Å². The van der Waals surface area contributed by atoms with Gasteiger partial charge in [0.2, 0.25) is 0 Å². The Morgan fingerprint density at radius 2 is 2.05 bits per heavy atom. The van der Waals surface area contributed by atoms with Gasteiger partial charge >= 0.3 is 5.97 Å². The molecule has 1 aromatic rings. The molecule has 1 saturated heterocycles. The summed E-state index contributed by atoms with van der Waals surface area (Å²) in [5, 5.41) is 9.30. The molecule has 1 N–H and O–H groups in total. The summed E-state index contributed by atoms with van der Waals surface area (Å²) in [6.45, 7) is 0.807. The van der Waals surface area contributed by atoms with E-state index in [1.807, 2.05) is 6.07 Å². The maximum Gasteiger partial charge on any atom is 0.312 e. The lowest BCUT2D eigenvalue weighted by atomic mass is 10.0. The van der Waals surface area contributed by atoms with E-state index in [9.17, 15) is 14.7 Å². The fraction of sp³-hybridized carbons (Fsp3) is 0.467. The minimum atomic E-state index is -0.891. The second-order valence-electron chi connectivity index (χ2n) is 5.25. The summed E-state index contributed by atoms with van der Waals surface area (Å²) in [4.78, 5) is 25.5. The number of carbonyl (C=O) groups is 2. The number of fused-ring (bicyclic) bond motifs is 1. The van der Waals surface area contributed by atoms with Gasteiger partial charge in [-0.1, -0.05) is 18.2 Å². The number of para-hydroxylation sites is 1. The quantitative estimate of drug-likeness (QED) is 0.893. The van der Waals surface area contributed by atoms with Gasteiger partial charge in [-0.25, -0.2) is 0 Å². The molecule has 0 saturated carbocycles. The summed E-state index contributed by atoms with van der Waals surface area (Å²) in [5.74, 6) is -1.64. The minimum absolute atomic E-state index is 0.110. The first-order valence-electron chi connectivity index (χ1n) is 6.93. The van der Waals surface area contributed by atoms with Gasteiger partial charge in [0.1, 0.15) is 12.0 Å². The van der Waals surface area contributed by atoms with Crippen molar-refractivity contribution in [3.05, 3.63) is 29.8 Å². The lowest BCUT2D eigenvalue weighted by Gasteiger charge is -2.27. The fourth-order valence-corrected chi connectivity index (χ4v) is 2.94. The molecule has 1 aromatic carbocycles. The zero-order valence-electron chi connectivity index (χ0n) is 11.1. The summed E-state index contributed by atoms with van der Waals surface area (Å²) < 4.78 is 5.52. The average molecular weight is 275 g/mol. The van der Waals surface area contributed by atoms with Gasteiger partial charge in [0.15, 0.2) is 0 Å². The van der Waals surface area contributed by atoms with Crippen LogP contribution < -0.4 is 4.90 Å². The SMILES string of the molecule is O=C(O)[C@@H]1CN(C(=O)[C@@H]2CCCCO2)c2ccccc21. The van der Waals surface area contributed by atoms with Gasteiger partial charge < -0.3 is 14.7 Å². The molecule has 2 aliphatic heterocycles. The summed E-state index contributed by atoms with van der Waals surface area (Å²) in [5.41, 5.74) is 1.42. The number of anilines is 1. The van der Waals surface area contributed by atoms with Gasteiger partial charge in [-0.2, -0.15) is 0 Å². The molecule has 1 amide bonds. The monoisotopic (exact) mass is 275 g/mol. The third-order valence-corrected chi connectivity index (χ3v) is 3.99. The molecule has 0 unspecified atom stereocenters. The molecule has 3 rings (SSSR count). The number of amides is 1. The first-order valence-corrected chi connectivity index (χ1v) is 6.93. The standard InChI is InChI=1S/C15H17NO4/c17-14(13-7-3-4-8-20-13)16-9-11(15(18)19)10-5-1-2-6-12(10)16/h1-2,5-6,11,13H,3-4,7-9H2,(H,18,19)/t11-,13+/m1/s1. The third kappa shape index (κ3) is 2.18. The number of hydrogen-bond donors (Lipinski definition) is 1. The Hall–Kier alpha value is -1.88. The van der Waals surface area contributed by atoms with E-state index in [0.29, 0.717) is 17.9 Å². The maximum atomic E-state index is 12.5. The molecule has 0 spiro atoms. The molecular formula is C15H17NO4. The smallest absolute Gasteiger partial charge is 0.312 e. The zero-order valence-corrected chi connectivity index (χ0v) is 11.1. The largest absolute Gasteiger partial charge is 0.481 e. The predicted octanol–water partition coefficient (Wildman–Crippen LogP) is 1.77. The molecule has 0 aliphatic carbocycles. The maximum absolute atomic E-state index is 12.5. The van der Waals surface area contributed by atoms with Crippen molar-refractivity contribution in [1.82, 2.24) is 0 Å². The van der Waals surface area contributed by atoms with Gasteiger partial charge in [-0.15, -0.1) is 0 Å². The lowest BCUT2D eigenvalue weighted by Crippen LogP contribution is -2.41. The fourth-order valence-electron chi connectivity index (χ4n) is 2.94. The van der Waals surface area contributed by atoms with E-state index in [-0.39, 0.29) is 12.5 Å². The van der Waals surface area contributed by atoms with Crippen LogP contribution in [0.2, 0.25) is 0 Å². The number of hydrogen-bond acceptors (Lipinski definition) is 3. The normalized spacial score (nSPS) is 25.3. The Kier molecular flexibility index (Phi) is 3.44. The number of carboxylic acids is 1. The highest BCUT2D eigenvalue weighted by molar-refractivity contribution is 6.01. The summed E-state index contributed by atoms with van der Waals surface area (Å²) >= 11 is 0. The van der Waals surface area contributed by atoms with Gasteiger partial charge in [0, 0.05) is 18.8 Å². The van der Waals surface area contributed by atoms with Crippen LogP contribution in [0, 0.1) is 0 Å². The number of benzene rings is 1. The van der Waals surface area contributed by atoms with E-state index >= 15 is 0 Å². The molecule has 5 nitrogen and oxygen atoms in total. The molecule has 2 heterocycles. The molecule has 20 heavy (non-hydrogen) atoms. The minimum Gasteiger partial charge on any atom is -0.481 e. The topological polar surface area (TPSA) is 66.8 Å². The van der Waals surface area contributed by atoms with Crippen LogP contribution in [-0.2, 0) is 14.3 Å². The van der Waals surface area contributed by atoms with Crippen molar-refractivity contribution in [1.29, 1.82) is 0 Å². The second kappa shape index (κ2) is 5.25. The van der Waals surface area contributed by atoms with E-state index < -0.39 is 18.0 Å². The van der Waals surface area contributed by atoms with Crippen molar-refractivity contribution in [3.8, 4) is 0 Å². The Labute approximate surface area is 117 Å². The van der Waals surface area contributed by atoms with Crippen LogP contribution in [0.1, 0.15) is 30.7 Å². The molecule has 0 aromatic heterocycles. The van der Waals surface area contributed by atoms with E-state index in [0.717, 1.165) is 19.3 Å². The van der Waals surface area contributed by atoms with Crippen molar-refractivity contribution < 1.29 is 19.4 Å². The lowest BCUT2D eigenvalue weighted by molar-refractivity contribution is -0.138. The van der Waals surface area contributed by atoms with E-state index in [1.54, 1.807) is 23.1 Å². The first kappa shape index (κ1) is 13.1. The third-order valence-electron chi connectivity index (χ3n) is 3.99. The molecule has 1 fully saturated rings. The Morgan fingerprint density at radius 1 is 1.25 bits per heavy atom. The van der Waals surface area contributed by atoms with Gasteiger partial charge in [-0.05, 0) is 30.9 Å². The van der Waals surface area contributed by atoms with Gasteiger partial charge in [0.05, 0.1) is 0 Å². The Balaban J connectivity index is 1.87. The van der Waals surface area contributed by atoms with Crippen molar-refractivity contribution in [3.63, 3.8) is 0 Å². The number of nitrogens with zero attached hydrogens (tertiary/aromatic N) is 1. The molecular weight excluding hydrogens is 258 g/mol. The van der Waals surface area contributed by atoms with Crippen LogP contribution in [0.4, 0.5) is 5.69 Å². The number of ether oxygens (including phenoxy) is 1. The second-order valence-corrected chi connectivity index (χ2v) is 5.25. The summed E-state index contributed by atoms with van der Waals surface area (Å²) in [7, 11) is 0. The Bertz CT molecular complexity index is 536. The Morgan fingerprint density at radius 3 is 2.75 bits per heavy atom. The number of rotatable bonds is 2. The van der Waals surface area contributed by atoms with Crippen molar-refractivity contribution in [2.75, 3.05) is 18.1 Å².